The molecule has 1 aliphatic heterocycles. The van der Waals surface area contributed by atoms with Gasteiger partial charge in [0.2, 0.25) is 0 Å². The van der Waals surface area contributed by atoms with E-state index in [1.165, 1.54) is 0 Å². The fourth-order valence-electron chi connectivity index (χ4n) is 3.16. The van der Waals surface area contributed by atoms with Gasteiger partial charge in [-0.3, -0.25) is 9.59 Å². The maximum absolute atomic E-state index is 13.0. The van der Waals surface area contributed by atoms with Crippen LogP contribution in [0.4, 0.5) is 5.69 Å². The molecule has 1 aromatic carbocycles. The van der Waals surface area contributed by atoms with Crippen molar-refractivity contribution in [3.8, 4) is 0 Å². The third-order valence-corrected chi connectivity index (χ3v) is 4.47. The second-order valence-electron chi connectivity index (χ2n) is 6.82. The van der Waals surface area contributed by atoms with Crippen molar-refractivity contribution in [1.29, 1.82) is 0 Å². The van der Waals surface area contributed by atoms with Gasteiger partial charge in [-0.1, -0.05) is 24.3 Å². The fraction of sp³-hybridized carbons (Fsp3) is 0.350. The number of amides is 2. The molecule has 1 N–H and O–H groups in total. The summed E-state index contributed by atoms with van der Waals surface area (Å²) >= 11 is 0. The number of nitrogens with one attached hydrogen (secondary N) is 1. The van der Waals surface area contributed by atoms with Gasteiger partial charge in [0.15, 0.2) is 0 Å². The Bertz CT molecular complexity index is 819. The van der Waals surface area contributed by atoms with E-state index in [0.29, 0.717) is 6.54 Å². The smallest absolute Gasteiger partial charge is 0.277 e. The van der Waals surface area contributed by atoms with Gasteiger partial charge in [0.25, 0.3) is 11.8 Å². The molecule has 136 valence electrons. The van der Waals surface area contributed by atoms with Crippen LogP contribution in [0, 0.1) is 0 Å². The maximum atomic E-state index is 13.0. The summed E-state index contributed by atoms with van der Waals surface area (Å²) in [7, 11) is 3.89. The van der Waals surface area contributed by atoms with E-state index in [1.54, 1.807) is 23.1 Å². The van der Waals surface area contributed by atoms with Gasteiger partial charge < -0.3 is 15.1 Å². The lowest BCUT2D eigenvalue weighted by Gasteiger charge is -2.22. The number of para-hydroxylation sites is 1. The number of carbonyl (C=O) groups is 2. The average molecular weight is 352 g/mol. The normalized spacial score (nSPS) is 15.8. The largest absolute Gasteiger partial charge is 0.349 e. The standard InChI is InChI=1S/C20H24N4O2/c1-14-13-15-7-4-5-10-18(15)24(14)20(26)17-9-6-8-16(22-17)19(25)21-11-12-23(2)3/h4-10,14H,11-13H2,1-3H3,(H,21,25). The summed E-state index contributed by atoms with van der Waals surface area (Å²) in [5.74, 6) is -0.443. The molecule has 6 heteroatoms. The zero-order valence-electron chi connectivity index (χ0n) is 15.4. The first-order valence-corrected chi connectivity index (χ1v) is 8.79. The monoisotopic (exact) mass is 352 g/mol. The quantitative estimate of drug-likeness (QED) is 0.893. The minimum Gasteiger partial charge on any atom is -0.349 e. The Morgan fingerprint density at radius 1 is 1.15 bits per heavy atom. The molecule has 0 saturated carbocycles. The first kappa shape index (κ1) is 18.1. The second-order valence-corrected chi connectivity index (χ2v) is 6.82. The molecule has 26 heavy (non-hydrogen) atoms. The topological polar surface area (TPSA) is 65.5 Å². The first-order valence-electron chi connectivity index (χ1n) is 8.79. The van der Waals surface area contributed by atoms with Crippen LogP contribution in [0.3, 0.4) is 0 Å². The van der Waals surface area contributed by atoms with Crippen LogP contribution in [0.5, 0.6) is 0 Å². The zero-order chi connectivity index (χ0) is 18.7. The van der Waals surface area contributed by atoms with Gasteiger partial charge in [-0.15, -0.1) is 0 Å². The average Bonchev–Trinajstić information content (AvgIpc) is 2.96. The summed E-state index contributed by atoms with van der Waals surface area (Å²) in [6.45, 7) is 3.30. The molecule has 1 unspecified atom stereocenters. The minimum atomic E-state index is -0.267. The molecule has 6 nitrogen and oxygen atoms in total. The Morgan fingerprint density at radius 3 is 2.65 bits per heavy atom. The van der Waals surface area contributed by atoms with Crippen LogP contribution >= 0.6 is 0 Å². The molecule has 1 aromatic heterocycles. The van der Waals surface area contributed by atoms with Gasteiger partial charge in [0.05, 0.1) is 0 Å². The Kier molecular flexibility index (Phi) is 5.32. The van der Waals surface area contributed by atoms with Crippen molar-refractivity contribution in [2.45, 2.75) is 19.4 Å². The molecule has 0 aliphatic carbocycles. The Labute approximate surface area is 153 Å². The molecule has 2 amide bonds. The Balaban J connectivity index is 1.78. The maximum Gasteiger partial charge on any atom is 0.277 e. The number of anilines is 1. The van der Waals surface area contributed by atoms with Crippen LogP contribution in [0.15, 0.2) is 42.5 Å². The number of benzene rings is 1. The highest BCUT2D eigenvalue weighted by molar-refractivity contribution is 6.07. The van der Waals surface area contributed by atoms with Crippen LogP contribution in [-0.4, -0.2) is 54.9 Å². The number of hydrogen-bond donors (Lipinski definition) is 1. The van der Waals surface area contributed by atoms with E-state index in [4.69, 9.17) is 0 Å². The number of likely N-dealkylation sites (N-methyl/N-ethyl adjacent to an activating group) is 1. The molecule has 1 aliphatic rings. The van der Waals surface area contributed by atoms with Crippen molar-refractivity contribution < 1.29 is 9.59 Å². The number of carbonyl (C=O) groups excluding carboxylic acids is 2. The molecule has 0 fully saturated rings. The molecule has 0 bridgehead atoms. The zero-order valence-corrected chi connectivity index (χ0v) is 15.4. The van der Waals surface area contributed by atoms with E-state index in [1.807, 2.05) is 50.2 Å². The molecular formula is C20H24N4O2. The van der Waals surface area contributed by atoms with Gasteiger partial charge in [-0.2, -0.15) is 0 Å². The van der Waals surface area contributed by atoms with E-state index < -0.39 is 0 Å². The van der Waals surface area contributed by atoms with E-state index >= 15 is 0 Å². The SMILES string of the molecule is CC1Cc2ccccc2N1C(=O)c1cccc(C(=O)NCCN(C)C)n1. The summed E-state index contributed by atoms with van der Waals surface area (Å²) in [4.78, 5) is 33.4. The summed E-state index contributed by atoms with van der Waals surface area (Å²) in [5.41, 5.74) is 2.63. The van der Waals surface area contributed by atoms with Gasteiger partial charge in [-0.05, 0) is 51.2 Å². The predicted molar refractivity (Wildman–Crippen MR) is 102 cm³/mol. The molecule has 0 radical (unpaired) electrons. The van der Waals surface area contributed by atoms with Crippen LogP contribution in [0.25, 0.3) is 0 Å². The fourth-order valence-corrected chi connectivity index (χ4v) is 3.16. The number of rotatable bonds is 5. The van der Waals surface area contributed by atoms with Crippen LogP contribution in [0.1, 0.15) is 33.5 Å². The highest BCUT2D eigenvalue weighted by Crippen LogP contribution is 2.32. The Morgan fingerprint density at radius 2 is 1.88 bits per heavy atom. The summed E-state index contributed by atoms with van der Waals surface area (Å²) in [5, 5.41) is 2.82. The molecule has 3 rings (SSSR count). The highest BCUT2D eigenvalue weighted by Gasteiger charge is 2.32. The molecule has 0 saturated heterocycles. The van der Waals surface area contributed by atoms with E-state index in [9.17, 15) is 9.59 Å². The molecular weight excluding hydrogens is 328 g/mol. The van der Waals surface area contributed by atoms with Crippen molar-refractivity contribution in [3.05, 3.63) is 59.4 Å². The summed E-state index contributed by atoms with van der Waals surface area (Å²) < 4.78 is 0. The number of pyridine rings is 1. The van der Waals surface area contributed by atoms with Crippen molar-refractivity contribution in [3.63, 3.8) is 0 Å². The van der Waals surface area contributed by atoms with Gasteiger partial charge in [0, 0.05) is 24.8 Å². The molecule has 1 atom stereocenters. The Hall–Kier alpha value is -2.73. The molecule has 2 aromatic rings. The van der Waals surface area contributed by atoms with E-state index in [-0.39, 0.29) is 29.2 Å². The molecule has 0 spiro atoms. The van der Waals surface area contributed by atoms with Gasteiger partial charge in [-0.25, -0.2) is 4.98 Å². The number of aromatic nitrogens is 1. The van der Waals surface area contributed by atoms with E-state index in [2.05, 4.69) is 10.3 Å². The van der Waals surface area contributed by atoms with Crippen LogP contribution in [0.2, 0.25) is 0 Å². The lowest BCUT2D eigenvalue weighted by molar-refractivity contribution is 0.0945. The second kappa shape index (κ2) is 7.66. The van der Waals surface area contributed by atoms with Crippen LogP contribution < -0.4 is 10.2 Å². The first-order chi connectivity index (χ1) is 12.5. The van der Waals surface area contributed by atoms with E-state index in [0.717, 1.165) is 24.2 Å². The third kappa shape index (κ3) is 3.75. The lowest BCUT2D eigenvalue weighted by atomic mass is 10.1. The molecule has 2 heterocycles. The summed E-state index contributed by atoms with van der Waals surface area (Å²) in [6.07, 6.45) is 0.826. The van der Waals surface area contributed by atoms with Crippen molar-refractivity contribution >= 4 is 17.5 Å². The minimum absolute atomic E-state index is 0.0688. The number of nitrogens with zero attached hydrogens (tertiary/aromatic N) is 3. The van der Waals surface area contributed by atoms with Crippen molar-refractivity contribution in [1.82, 2.24) is 15.2 Å². The van der Waals surface area contributed by atoms with Gasteiger partial charge >= 0.3 is 0 Å². The van der Waals surface area contributed by atoms with Gasteiger partial charge in [0.1, 0.15) is 11.4 Å². The van der Waals surface area contributed by atoms with Crippen LogP contribution in [-0.2, 0) is 6.42 Å². The summed E-state index contributed by atoms with van der Waals surface area (Å²) in [6, 6.07) is 13.0. The third-order valence-electron chi connectivity index (χ3n) is 4.47. The van der Waals surface area contributed by atoms with Crippen molar-refractivity contribution in [2.75, 3.05) is 32.1 Å². The predicted octanol–water partition coefficient (Wildman–Crippen LogP) is 1.96. The lowest BCUT2D eigenvalue weighted by Crippen LogP contribution is -2.37. The highest BCUT2D eigenvalue weighted by atomic mass is 16.2. The number of hydrogen-bond acceptors (Lipinski definition) is 4. The number of fused-ring (bicyclic) bond motifs is 1. The van der Waals surface area contributed by atoms with Crippen molar-refractivity contribution in [2.24, 2.45) is 0 Å².